The van der Waals surface area contributed by atoms with Gasteiger partial charge in [0.15, 0.2) is 6.61 Å². The van der Waals surface area contributed by atoms with Crippen molar-refractivity contribution in [3.63, 3.8) is 0 Å². The van der Waals surface area contributed by atoms with E-state index in [0.717, 1.165) is 10.9 Å². The van der Waals surface area contributed by atoms with Crippen LogP contribution in [-0.4, -0.2) is 34.8 Å². The Morgan fingerprint density at radius 1 is 1.00 bits per heavy atom. The van der Waals surface area contributed by atoms with Gasteiger partial charge in [0, 0.05) is 10.9 Å². The lowest BCUT2D eigenvalue weighted by Gasteiger charge is -2.10. The lowest BCUT2D eigenvalue weighted by Crippen LogP contribution is -2.18. The van der Waals surface area contributed by atoms with Crippen molar-refractivity contribution in [3.05, 3.63) is 92.9 Å². The maximum Gasteiger partial charge on any atom is 0.341 e. The summed E-state index contributed by atoms with van der Waals surface area (Å²) in [4.78, 5) is 28.5. The van der Waals surface area contributed by atoms with E-state index in [2.05, 4.69) is 42.4 Å². The van der Waals surface area contributed by atoms with Crippen LogP contribution in [0.2, 0.25) is 0 Å². The lowest BCUT2D eigenvalue weighted by atomic mass is 10.0. The molecule has 2 N–H and O–H groups in total. The van der Waals surface area contributed by atoms with Gasteiger partial charge in [-0.1, -0.05) is 48.5 Å². The Balaban J connectivity index is 1.57. The second-order valence-electron chi connectivity index (χ2n) is 7.13. The highest BCUT2D eigenvalue weighted by molar-refractivity contribution is 9.11. The Morgan fingerprint density at radius 2 is 1.68 bits per heavy atom. The summed E-state index contributed by atoms with van der Waals surface area (Å²) in [5.74, 6) is -1.09. The standard InChI is InChI=1S/C25H17Br2N3O4/c26-19-10-15(11-20(27)24(19)34-14-23(31)32)13-28-30-25(33)18-12-22(16-6-2-1-3-7-16)29-21-9-5-4-8-17(18)21/h1-13H,14H2,(H,30,33)(H,31,32)/b28-13+. The van der Waals surface area contributed by atoms with Crippen LogP contribution < -0.4 is 10.2 Å². The van der Waals surface area contributed by atoms with Gasteiger partial charge in [0.05, 0.1) is 31.9 Å². The highest BCUT2D eigenvalue weighted by atomic mass is 79.9. The number of fused-ring (bicyclic) bond motifs is 1. The van der Waals surface area contributed by atoms with Crippen LogP contribution in [0.3, 0.4) is 0 Å². The number of aliphatic carboxylic acids is 1. The molecule has 1 heterocycles. The molecule has 0 unspecified atom stereocenters. The number of amides is 1. The normalized spacial score (nSPS) is 11.0. The minimum atomic E-state index is -1.08. The van der Waals surface area contributed by atoms with Gasteiger partial charge in [0.25, 0.3) is 5.91 Å². The molecule has 0 aliphatic rings. The number of carbonyl (C=O) groups is 2. The summed E-state index contributed by atoms with van der Waals surface area (Å²) in [5, 5.41) is 13.6. The number of para-hydroxylation sites is 1. The minimum Gasteiger partial charge on any atom is -0.480 e. The molecule has 1 amide bonds. The molecule has 3 aromatic carbocycles. The number of hydrogen-bond donors (Lipinski definition) is 2. The molecule has 170 valence electrons. The van der Waals surface area contributed by atoms with E-state index in [1.165, 1.54) is 6.21 Å². The molecule has 0 saturated heterocycles. The van der Waals surface area contributed by atoms with Gasteiger partial charge in [-0.25, -0.2) is 15.2 Å². The zero-order chi connectivity index (χ0) is 24.1. The summed E-state index contributed by atoms with van der Waals surface area (Å²) < 4.78 is 6.35. The number of aromatic nitrogens is 1. The van der Waals surface area contributed by atoms with Crippen LogP contribution in [0.15, 0.2) is 86.8 Å². The molecule has 1 aromatic heterocycles. The van der Waals surface area contributed by atoms with Crippen LogP contribution in [0, 0.1) is 0 Å². The fourth-order valence-corrected chi connectivity index (χ4v) is 4.72. The fraction of sp³-hybridized carbons (Fsp3) is 0.0400. The maximum atomic E-state index is 13.0. The number of nitrogens with one attached hydrogen (secondary N) is 1. The summed E-state index contributed by atoms with van der Waals surface area (Å²) >= 11 is 6.72. The number of halogens is 2. The third kappa shape index (κ3) is 5.49. The molecular formula is C25H17Br2N3O4. The van der Waals surface area contributed by atoms with Crippen LogP contribution in [0.4, 0.5) is 0 Å². The van der Waals surface area contributed by atoms with Gasteiger partial charge in [0.1, 0.15) is 5.75 Å². The number of carbonyl (C=O) groups excluding carboxylic acids is 1. The van der Waals surface area contributed by atoms with Crippen LogP contribution >= 0.6 is 31.9 Å². The van der Waals surface area contributed by atoms with Crippen LogP contribution in [-0.2, 0) is 4.79 Å². The number of rotatable bonds is 7. The monoisotopic (exact) mass is 581 g/mol. The zero-order valence-corrected chi connectivity index (χ0v) is 20.7. The number of pyridine rings is 1. The van der Waals surface area contributed by atoms with Crippen molar-refractivity contribution in [1.29, 1.82) is 0 Å². The number of ether oxygens (including phenoxy) is 1. The molecule has 0 aliphatic carbocycles. The van der Waals surface area contributed by atoms with Gasteiger partial charge in [-0.2, -0.15) is 5.10 Å². The summed E-state index contributed by atoms with van der Waals surface area (Å²) in [6.07, 6.45) is 1.48. The molecule has 0 aliphatic heterocycles. The molecule has 4 rings (SSSR count). The van der Waals surface area contributed by atoms with E-state index in [4.69, 9.17) is 14.8 Å². The summed E-state index contributed by atoms with van der Waals surface area (Å²) in [6, 6.07) is 22.3. The Labute approximate surface area is 211 Å². The van der Waals surface area contributed by atoms with Gasteiger partial charge < -0.3 is 9.84 Å². The number of carboxylic acid groups (broad SMARTS) is 1. The van der Waals surface area contributed by atoms with E-state index in [0.29, 0.717) is 37.0 Å². The molecule has 4 aromatic rings. The van der Waals surface area contributed by atoms with Gasteiger partial charge in [-0.15, -0.1) is 0 Å². The average Bonchev–Trinajstić information content (AvgIpc) is 2.83. The topological polar surface area (TPSA) is 101 Å². The first-order valence-electron chi connectivity index (χ1n) is 10.0. The average molecular weight is 583 g/mol. The van der Waals surface area contributed by atoms with Gasteiger partial charge in [-0.05, 0) is 61.7 Å². The quantitative estimate of drug-likeness (QED) is 0.216. The predicted molar refractivity (Wildman–Crippen MR) is 137 cm³/mol. The van der Waals surface area contributed by atoms with E-state index >= 15 is 0 Å². The second kappa shape index (κ2) is 10.6. The van der Waals surface area contributed by atoms with Gasteiger partial charge in [0.2, 0.25) is 0 Å². The van der Waals surface area contributed by atoms with Crippen molar-refractivity contribution in [2.24, 2.45) is 5.10 Å². The zero-order valence-electron chi connectivity index (χ0n) is 17.5. The minimum absolute atomic E-state index is 0.361. The molecule has 0 fully saturated rings. The SMILES string of the molecule is O=C(O)COc1c(Br)cc(/C=N/NC(=O)c2cc(-c3ccccc3)nc3ccccc23)cc1Br. The molecular weight excluding hydrogens is 566 g/mol. The smallest absolute Gasteiger partial charge is 0.341 e. The Bertz CT molecular complexity index is 1390. The van der Waals surface area contributed by atoms with Gasteiger partial charge >= 0.3 is 5.97 Å². The number of benzene rings is 3. The van der Waals surface area contributed by atoms with Crippen LogP contribution in [0.1, 0.15) is 15.9 Å². The third-order valence-corrected chi connectivity index (χ3v) is 5.95. The number of nitrogens with zero attached hydrogens (tertiary/aromatic N) is 2. The first-order valence-corrected chi connectivity index (χ1v) is 11.6. The Kier molecular flexibility index (Phi) is 7.34. The Hall–Kier alpha value is -3.56. The van der Waals surface area contributed by atoms with Crippen molar-refractivity contribution < 1.29 is 19.4 Å². The van der Waals surface area contributed by atoms with E-state index in [1.807, 2.05) is 54.6 Å². The lowest BCUT2D eigenvalue weighted by molar-refractivity contribution is -0.139. The first-order chi connectivity index (χ1) is 16.4. The van der Waals surface area contributed by atoms with Crippen molar-refractivity contribution in [2.45, 2.75) is 0 Å². The first kappa shape index (κ1) is 23.6. The van der Waals surface area contributed by atoms with Crippen LogP contribution in [0.25, 0.3) is 22.2 Å². The number of carboxylic acids is 1. The summed E-state index contributed by atoms with van der Waals surface area (Å²) in [6.45, 7) is -0.467. The molecule has 7 nitrogen and oxygen atoms in total. The largest absolute Gasteiger partial charge is 0.480 e. The van der Waals surface area contributed by atoms with E-state index in [1.54, 1.807) is 18.2 Å². The molecule has 0 spiro atoms. The highest BCUT2D eigenvalue weighted by Gasteiger charge is 2.14. The van der Waals surface area contributed by atoms with Gasteiger partial charge in [-0.3, -0.25) is 4.79 Å². The highest BCUT2D eigenvalue weighted by Crippen LogP contribution is 2.34. The molecule has 0 saturated carbocycles. The van der Waals surface area contributed by atoms with E-state index < -0.39 is 12.6 Å². The molecule has 0 atom stereocenters. The summed E-state index contributed by atoms with van der Waals surface area (Å²) in [5.41, 5.74) is 6.01. The van der Waals surface area contributed by atoms with Crippen molar-refractivity contribution in [2.75, 3.05) is 6.61 Å². The van der Waals surface area contributed by atoms with Crippen molar-refractivity contribution in [3.8, 4) is 17.0 Å². The Morgan fingerprint density at radius 3 is 2.38 bits per heavy atom. The van der Waals surface area contributed by atoms with Crippen molar-refractivity contribution >= 4 is 60.9 Å². The molecule has 9 heteroatoms. The van der Waals surface area contributed by atoms with Crippen LogP contribution in [0.5, 0.6) is 5.75 Å². The predicted octanol–water partition coefficient (Wildman–Crippen LogP) is 5.65. The molecule has 0 bridgehead atoms. The fourth-order valence-electron chi connectivity index (χ4n) is 3.27. The number of hydrazone groups is 1. The number of hydrogen-bond acceptors (Lipinski definition) is 5. The third-order valence-electron chi connectivity index (χ3n) is 4.77. The molecule has 0 radical (unpaired) electrons. The van der Waals surface area contributed by atoms with Crippen molar-refractivity contribution in [1.82, 2.24) is 10.4 Å². The summed E-state index contributed by atoms with van der Waals surface area (Å²) in [7, 11) is 0. The second-order valence-corrected chi connectivity index (χ2v) is 8.84. The van der Waals surface area contributed by atoms with E-state index in [-0.39, 0.29) is 5.91 Å². The molecule has 34 heavy (non-hydrogen) atoms. The van der Waals surface area contributed by atoms with E-state index in [9.17, 15) is 9.59 Å². The maximum absolute atomic E-state index is 13.0.